The van der Waals surface area contributed by atoms with Crippen molar-refractivity contribution in [2.75, 3.05) is 13.6 Å². The summed E-state index contributed by atoms with van der Waals surface area (Å²) in [5.41, 5.74) is 0.474. The summed E-state index contributed by atoms with van der Waals surface area (Å²) in [6, 6.07) is 13.0. The Morgan fingerprint density at radius 1 is 1.10 bits per heavy atom. The van der Waals surface area contributed by atoms with Crippen molar-refractivity contribution in [1.82, 2.24) is 15.4 Å². The number of sulfonamides is 1. The lowest BCUT2D eigenvalue weighted by Gasteiger charge is -2.16. The van der Waals surface area contributed by atoms with E-state index in [0.29, 0.717) is 18.5 Å². The summed E-state index contributed by atoms with van der Waals surface area (Å²) < 4.78 is 26.0. The molecule has 1 saturated heterocycles. The van der Waals surface area contributed by atoms with E-state index >= 15 is 0 Å². The fraction of sp³-hybridized carbons (Fsp3) is 0.300. The Hall–Kier alpha value is -2.36. The summed E-state index contributed by atoms with van der Waals surface area (Å²) >= 11 is 1.36. The Bertz CT molecular complexity index is 991. The van der Waals surface area contributed by atoms with E-state index in [1.54, 1.807) is 24.3 Å². The number of amides is 2. The third-order valence-electron chi connectivity index (χ3n) is 4.60. The topological polar surface area (TPSA) is 104 Å². The van der Waals surface area contributed by atoms with Gasteiger partial charge in [-0.2, -0.15) is 0 Å². The summed E-state index contributed by atoms with van der Waals surface area (Å²) in [4.78, 5) is 26.6. The Morgan fingerprint density at radius 3 is 2.55 bits per heavy atom. The van der Waals surface area contributed by atoms with Gasteiger partial charge in [-0.05, 0) is 62.7 Å². The minimum absolute atomic E-state index is 0.151. The van der Waals surface area contributed by atoms with Crippen molar-refractivity contribution in [3.8, 4) is 0 Å². The minimum atomic E-state index is -3.50. The van der Waals surface area contributed by atoms with Crippen LogP contribution in [0.25, 0.3) is 0 Å². The molecule has 1 heterocycles. The van der Waals surface area contributed by atoms with Crippen molar-refractivity contribution < 1.29 is 18.0 Å². The highest BCUT2D eigenvalue weighted by atomic mass is 32.2. The van der Waals surface area contributed by atoms with Gasteiger partial charge in [-0.3, -0.25) is 9.59 Å². The Morgan fingerprint density at radius 2 is 1.83 bits per heavy atom. The first-order chi connectivity index (χ1) is 13.9. The van der Waals surface area contributed by atoms with Crippen LogP contribution < -0.4 is 15.4 Å². The van der Waals surface area contributed by atoms with Crippen LogP contribution in [0.4, 0.5) is 0 Å². The number of hydrogen-bond donors (Lipinski definition) is 3. The zero-order chi connectivity index (χ0) is 20.9. The smallest absolute Gasteiger partial charge is 0.253 e. The predicted octanol–water partition coefficient (Wildman–Crippen LogP) is 2.14. The highest BCUT2D eigenvalue weighted by Gasteiger charge is 2.24. The van der Waals surface area contributed by atoms with E-state index in [1.807, 2.05) is 12.1 Å². The zero-order valence-electron chi connectivity index (χ0n) is 16.0. The summed E-state index contributed by atoms with van der Waals surface area (Å²) in [5, 5.41) is 5.65. The van der Waals surface area contributed by atoms with Crippen LogP contribution in [0.2, 0.25) is 0 Å². The number of benzene rings is 2. The van der Waals surface area contributed by atoms with Crippen molar-refractivity contribution in [1.29, 1.82) is 0 Å². The average Bonchev–Trinajstić information content (AvgIpc) is 2.93. The van der Waals surface area contributed by atoms with Crippen molar-refractivity contribution in [2.24, 2.45) is 0 Å². The molecule has 3 N–H and O–H groups in total. The van der Waals surface area contributed by atoms with E-state index in [9.17, 15) is 18.0 Å². The predicted molar refractivity (Wildman–Crippen MR) is 111 cm³/mol. The van der Waals surface area contributed by atoms with Crippen LogP contribution in [0.5, 0.6) is 0 Å². The van der Waals surface area contributed by atoms with Crippen molar-refractivity contribution >= 4 is 33.6 Å². The van der Waals surface area contributed by atoms with Gasteiger partial charge >= 0.3 is 0 Å². The average molecular weight is 434 g/mol. The molecule has 1 aliphatic heterocycles. The van der Waals surface area contributed by atoms with Crippen molar-refractivity contribution in [3.05, 3.63) is 54.1 Å². The number of nitrogens with one attached hydrogen (secondary N) is 3. The number of carbonyl (C=O) groups excluding carboxylic acids is 2. The monoisotopic (exact) mass is 433 g/mol. The van der Waals surface area contributed by atoms with Crippen LogP contribution in [-0.4, -0.2) is 39.9 Å². The molecule has 29 heavy (non-hydrogen) atoms. The molecular formula is C20H23N3O4S2. The van der Waals surface area contributed by atoms with E-state index in [-0.39, 0.29) is 16.7 Å². The Balaban J connectivity index is 1.76. The second-order valence-corrected chi connectivity index (χ2v) is 9.59. The lowest BCUT2D eigenvalue weighted by atomic mass is 10.1. The number of rotatable bonds is 6. The second-order valence-electron chi connectivity index (χ2n) is 6.59. The number of carbonyl (C=O) groups is 2. The first-order valence-corrected chi connectivity index (χ1v) is 11.6. The molecule has 0 aliphatic carbocycles. The molecule has 1 aliphatic rings. The molecule has 2 amide bonds. The van der Waals surface area contributed by atoms with Crippen LogP contribution in [0.1, 0.15) is 29.6 Å². The molecule has 0 radical (unpaired) electrons. The normalized spacial score (nSPS) is 17.3. The van der Waals surface area contributed by atoms with E-state index in [0.717, 1.165) is 22.6 Å². The maximum absolute atomic E-state index is 12.8. The molecule has 0 bridgehead atoms. The lowest BCUT2D eigenvalue weighted by molar-refractivity contribution is -0.122. The second kappa shape index (κ2) is 9.43. The van der Waals surface area contributed by atoms with Crippen LogP contribution in [0.3, 0.4) is 0 Å². The van der Waals surface area contributed by atoms with E-state index in [4.69, 9.17) is 0 Å². The van der Waals surface area contributed by atoms with Crippen LogP contribution >= 0.6 is 11.8 Å². The van der Waals surface area contributed by atoms with E-state index < -0.39 is 16.1 Å². The maximum atomic E-state index is 12.8. The van der Waals surface area contributed by atoms with Crippen molar-refractivity contribution in [2.45, 2.75) is 40.0 Å². The first-order valence-electron chi connectivity index (χ1n) is 9.30. The molecule has 1 unspecified atom stereocenters. The summed E-state index contributed by atoms with van der Waals surface area (Å²) in [7, 11) is -2.13. The van der Waals surface area contributed by atoms with Gasteiger partial charge in [0.05, 0.1) is 10.5 Å². The van der Waals surface area contributed by atoms with Gasteiger partial charge in [-0.15, -0.1) is 0 Å². The van der Waals surface area contributed by atoms with Crippen molar-refractivity contribution in [3.63, 3.8) is 0 Å². The van der Waals surface area contributed by atoms with Crippen LogP contribution in [0.15, 0.2) is 63.2 Å². The lowest BCUT2D eigenvalue weighted by Crippen LogP contribution is -2.45. The Kier molecular flexibility index (Phi) is 6.94. The van der Waals surface area contributed by atoms with Gasteiger partial charge in [0.25, 0.3) is 5.91 Å². The zero-order valence-corrected chi connectivity index (χ0v) is 17.6. The highest BCUT2D eigenvalue weighted by molar-refractivity contribution is 7.99. The van der Waals surface area contributed by atoms with Gasteiger partial charge < -0.3 is 10.6 Å². The molecule has 2 aromatic carbocycles. The molecule has 9 heteroatoms. The molecular weight excluding hydrogens is 410 g/mol. The minimum Gasteiger partial charge on any atom is -0.354 e. The molecule has 7 nitrogen and oxygen atoms in total. The van der Waals surface area contributed by atoms with Gasteiger partial charge in [0.2, 0.25) is 15.9 Å². The van der Waals surface area contributed by atoms with Crippen LogP contribution in [-0.2, 0) is 14.8 Å². The fourth-order valence-corrected chi connectivity index (χ4v) is 4.66. The molecule has 2 aromatic rings. The first kappa shape index (κ1) is 21.4. The van der Waals surface area contributed by atoms with E-state index in [2.05, 4.69) is 15.4 Å². The summed E-state index contributed by atoms with van der Waals surface area (Å²) in [6.07, 6.45) is 2.40. The van der Waals surface area contributed by atoms with Crippen LogP contribution in [0, 0.1) is 0 Å². The number of hydrogen-bond acceptors (Lipinski definition) is 5. The largest absolute Gasteiger partial charge is 0.354 e. The third kappa shape index (κ3) is 5.37. The third-order valence-corrected chi connectivity index (χ3v) is 7.12. The maximum Gasteiger partial charge on any atom is 0.253 e. The standard InChI is InChI=1S/C20H23N3O4S2/c1-21-29(26,27)15-11-9-14(10-12-15)28-18-8-3-2-6-16(18)19(24)23-17-7-4-5-13-22-20(17)25/h2-3,6,8-12,17,21H,4-5,7,13H2,1H3,(H,22,25)(H,23,24). The van der Waals surface area contributed by atoms with Gasteiger partial charge in [0, 0.05) is 16.3 Å². The molecule has 0 saturated carbocycles. The van der Waals surface area contributed by atoms with Gasteiger partial charge in [-0.25, -0.2) is 13.1 Å². The molecule has 0 spiro atoms. The molecule has 1 fully saturated rings. The highest BCUT2D eigenvalue weighted by Crippen LogP contribution is 2.31. The molecule has 3 rings (SSSR count). The fourth-order valence-electron chi connectivity index (χ4n) is 2.99. The van der Waals surface area contributed by atoms with Gasteiger partial charge in [-0.1, -0.05) is 23.9 Å². The molecule has 154 valence electrons. The van der Waals surface area contributed by atoms with Gasteiger partial charge in [0.15, 0.2) is 0 Å². The SMILES string of the molecule is CNS(=O)(=O)c1ccc(Sc2ccccc2C(=O)NC2CCCCNC2=O)cc1. The summed E-state index contributed by atoms with van der Waals surface area (Å²) in [5.74, 6) is -0.452. The Labute approximate surface area is 174 Å². The molecule has 1 atom stereocenters. The van der Waals surface area contributed by atoms with Gasteiger partial charge in [0.1, 0.15) is 6.04 Å². The quantitative estimate of drug-likeness (QED) is 0.648. The summed E-state index contributed by atoms with van der Waals surface area (Å²) in [6.45, 7) is 0.636. The van der Waals surface area contributed by atoms with E-state index in [1.165, 1.54) is 30.9 Å². The molecule has 0 aromatic heterocycles.